The van der Waals surface area contributed by atoms with Crippen molar-refractivity contribution in [3.63, 3.8) is 0 Å². The van der Waals surface area contributed by atoms with E-state index in [1.807, 2.05) is 31.2 Å². The average Bonchev–Trinajstić information content (AvgIpc) is 3.44. The lowest BCUT2D eigenvalue weighted by atomic mass is 9.51. The number of non-ortho nitro benzene ring substituents is 1. The highest BCUT2D eigenvalue weighted by molar-refractivity contribution is 6.25. The molecular formula is C35H31N3O8. The molecule has 0 spiro atoms. The molecular weight excluding hydrogens is 590 g/mol. The molecule has 7 rings (SSSR count). The molecule has 4 amide bonds. The zero-order chi connectivity index (χ0) is 32.3. The van der Waals surface area contributed by atoms with Crippen molar-refractivity contribution in [1.82, 2.24) is 0 Å². The van der Waals surface area contributed by atoms with Crippen molar-refractivity contribution in [3.05, 3.63) is 106 Å². The van der Waals surface area contributed by atoms with Gasteiger partial charge in [0, 0.05) is 18.1 Å². The highest BCUT2D eigenvalue weighted by Gasteiger charge is 2.67. The largest absolute Gasteiger partial charge is 0.491 e. The Hall–Kier alpha value is -5.16. The van der Waals surface area contributed by atoms with Gasteiger partial charge in [-0.05, 0) is 61.6 Å². The topological polar surface area (TPSA) is 147 Å². The Morgan fingerprint density at radius 3 is 2.30 bits per heavy atom. The van der Waals surface area contributed by atoms with Gasteiger partial charge < -0.3 is 9.84 Å². The zero-order valence-corrected chi connectivity index (χ0v) is 24.9. The van der Waals surface area contributed by atoms with E-state index in [0.29, 0.717) is 11.4 Å². The summed E-state index contributed by atoms with van der Waals surface area (Å²) in [7, 11) is 0. The molecule has 4 aliphatic rings. The first-order valence-corrected chi connectivity index (χ1v) is 15.3. The number of nitro benzene ring substituents is 1. The lowest BCUT2D eigenvalue weighted by Crippen LogP contribution is -2.48. The van der Waals surface area contributed by atoms with E-state index < -0.39 is 51.7 Å². The summed E-state index contributed by atoms with van der Waals surface area (Å²) in [6, 6.07) is 21.4. The molecule has 11 nitrogen and oxygen atoms in total. The Balaban J connectivity index is 1.33. The van der Waals surface area contributed by atoms with Crippen molar-refractivity contribution < 1.29 is 33.9 Å². The second-order valence-corrected chi connectivity index (χ2v) is 12.4. The normalized spacial score (nSPS) is 28.5. The number of ether oxygens (including phenoxy) is 1. The van der Waals surface area contributed by atoms with Crippen LogP contribution < -0.4 is 14.5 Å². The van der Waals surface area contributed by atoms with Gasteiger partial charge in [0.1, 0.15) is 12.4 Å². The number of aliphatic hydroxyl groups is 1. The number of hydrogen-bond acceptors (Lipinski definition) is 8. The number of hydrogen-bond donors (Lipinski definition) is 1. The van der Waals surface area contributed by atoms with Gasteiger partial charge >= 0.3 is 0 Å². The van der Waals surface area contributed by atoms with Gasteiger partial charge in [-0.15, -0.1) is 0 Å². The van der Waals surface area contributed by atoms with Gasteiger partial charge in [-0.3, -0.25) is 29.3 Å². The molecule has 1 N–H and O–H groups in total. The van der Waals surface area contributed by atoms with Crippen LogP contribution in [-0.2, 0) is 19.2 Å². The molecule has 11 heteroatoms. The number of rotatable bonds is 7. The van der Waals surface area contributed by atoms with Crippen molar-refractivity contribution in [3.8, 4) is 5.75 Å². The van der Waals surface area contributed by atoms with Crippen LogP contribution in [0.2, 0.25) is 0 Å². The number of nitro groups is 1. The molecule has 3 aromatic carbocycles. The number of allylic oxidation sites excluding steroid dienone is 2. The van der Waals surface area contributed by atoms with Crippen LogP contribution >= 0.6 is 0 Å². The van der Waals surface area contributed by atoms with Gasteiger partial charge in [-0.2, -0.15) is 0 Å². The molecule has 2 saturated heterocycles. The zero-order valence-electron chi connectivity index (χ0n) is 24.9. The maximum Gasteiger partial charge on any atom is 0.271 e. The number of aliphatic hydroxyl groups excluding tert-OH is 1. The second kappa shape index (κ2) is 11.0. The Morgan fingerprint density at radius 2 is 1.61 bits per heavy atom. The Labute approximate surface area is 264 Å². The average molecular weight is 622 g/mol. The van der Waals surface area contributed by atoms with Crippen LogP contribution in [0.15, 0.2) is 90.5 Å². The van der Waals surface area contributed by atoms with Crippen LogP contribution in [0.5, 0.6) is 5.75 Å². The number of amides is 4. The fourth-order valence-electron chi connectivity index (χ4n) is 8.14. The van der Waals surface area contributed by atoms with Gasteiger partial charge in [-0.1, -0.05) is 48.0 Å². The van der Waals surface area contributed by atoms with Crippen LogP contribution in [0.1, 0.15) is 31.2 Å². The summed E-state index contributed by atoms with van der Waals surface area (Å²) in [5.41, 5.74) is 0.796. The molecule has 6 atom stereocenters. The van der Waals surface area contributed by atoms with Crippen molar-refractivity contribution >= 4 is 40.7 Å². The maximum atomic E-state index is 14.4. The van der Waals surface area contributed by atoms with Gasteiger partial charge in [0.2, 0.25) is 23.6 Å². The molecule has 234 valence electrons. The molecule has 3 aromatic rings. The molecule has 46 heavy (non-hydrogen) atoms. The number of nitrogens with zero attached hydrogens (tertiary/aromatic N) is 3. The van der Waals surface area contributed by atoms with E-state index in [4.69, 9.17) is 4.74 Å². The summed E-state index contributed by atoms with van der Waals surface area (Å²) in [5.74, 6) is -4.38. The molecule has 2 aliphatic heterocycles. The monoisotopic (exact) mass is 621 g/mol. The summed E-state index contributed by atoms with van der Waals surface area (Å²) < 4.78 is 5.56. The molecule has 0 aromatic heterocycles. The highest BCUT2D eigenvalue weighted by Crippen LogP contribution is 2.63. The number of carbonyl (C=O) groups excluding carboxylic acids is 4. The van der Waals surface area contributed by atoms with E-state index in [2.05, 4.69) is 0 Å². The van der Waals surface area contributed by atoms with Crippen molar-refractivity contribution in [2.45, 2.75) is 25.7 Å². The SMILES string of the molecule is C[C@@]12C(=O)N(c3ccccc3)C(=O)[C@@H]1C[C@@H]1C(=CC[C@@H]3C(=O)N(c4cccc([N+](=O)[O-])c4)C(=O)[C@@H]31)[C@@H]2c1ccc(OCCO)cc1. The maximum absolute atomic E-state index is 14.4. The first-order chi connectivity index (χ1) is 22.2. The number of benzene rings is 3. The summed E-state index contributed by atoms with van der Waals surface area (Å²) in [6.07, 6.45) is 2.42. The van der Waals surface area contributed by atoms with Crippen molar-refractivity contribution in [2.24, 2.45) is 29.1 Å². The van der Waals surface area contributed by atoms with E-state index in [-0.39, 0.29) is 49.2 Å². The molecule has 0 radical (unpaired) electrons. The van der Waals surface area contributed by atoms with E-state index in [0.717, 1.165) is 16.0 Å². The quantitative estimate of drug-likeness (QED) is 0.177. The molecule has 2 heterocycles. The third kappa shape index (κ3) is 4.29. The van der Waals surface area contributed by atoms with E-state index >= 15 is 0 Å². The minimum atomic E-state index is -1.18. The van der Waals surface area contributed by atoms with E-state index in [1.54, 1.807) is 36.4 Å². The van der Waals surface area contributed by atoms with Crippen LogP contribution in [-0.4, -0.2) is 46.9 Å². The minimum absolute atomic E-state index is 0.120. The molecule has 1 saturated carbocycles. The van der Waals surface area contributed by atoms with Gasteiger partial charge in [0.15, 0.2) is 0 Å². The molecule has 3 fully saturated rings. The summed E-state index contributed by atoms with van der Waals surface area (Å²) in [6.45, 7) is 1.80. The highest BCUT2D eigenvalue weighted by atomic mass is 16.6. The Bertz CT molecular complexity index is 1810. The number of fused-ring (bicyclic) bond motifs is 4. The fraction of sp³-hybridized carbons (Fsp3) is 0.314. The fourth-order valence-corrected chi connectivity index (χ4v) is 8.14. The number of imide groups is 2. The molecule has 0 bridgehead atoms. The predicted octanol–water partition coefficient (Wildman–Crippen LogP) is 4.40. The van der Waals surface area contributed by atoms with E-state index in [9.17, 15) is 34.4 Å². The van der Waals surface area contributed by atoms with Gasteiger partial charge in [0.25, 0.3) is 5.69 Å². The lowest BCUT2D eigenvalue weighted by molar-refractivity contribution is -0.384. The Kier molecular flexibility index (Phi) is 7.08. The van der Waals surface area contributed by atoms with E-state index in [1.165, 1.54) is 29.2 Å². The number of carbonyl (C=O) groups is 4. The van der Waals surface area contributed by atoms with Crippen molar-refractivity contribution in [1.29, 1.82) is 0 Å². The lowest BCUT2D eigenvalue weighted by Gasteiger charge is -2.49. The predicted molar refractivity (Wildman–Crippen MR) is 166 cm³/mol. The molecule has 0 unspecified atom stereocenters. The van der Waals surface area contributed by atoms with Crippen LogP contribution in [0.25, 0.3) is 0 Å². The standard InChI is InChI=1S/C35H31N3O8/c1-35-28(32(41)37(34(35)43)21-6-3-2-4-7-21)19-27-25(30(35)20-10-12-24(13-11-20)46-17-16-39)14-15-26-29(27)33(42)36(31(26)40)22-8-5-9-23(18-22)38(44)45/h2-14,18,26-30,39H,15-17,19H2,1H3/t26-,27+,28-,29-,30-,35+/m0/s1. The summed E-state index contributed by atoms with van der Waals surface area (Å²) >= 11 is 0. The smallest absolute Gasteiger partial charge is 0.271 e. The number of anilines is 2. The van der Waals surface area contributed by atoms with Crippen LogP contribution in [0.3, 0.4) is 0 Å². The van der Waals surface area contributed by atoms with Crippen LogP contribution in [0.4, 0.5) is 17.1 Å². The van der Waals surface area contributed by atoms with Crippen molar-refractivity contribution in [2.75, 3.05) is 23.0 Å². The Morgan fingerprint density at radius 1 is 0.891 bits per heavy atom. The summed E-state index contributed by atoms with van der Waals surface area (Å²) in [4.78, 5) is 69.8. The third-order valence-corrected chi connectivity index (χ3v) is 10.2. The first-order valence-electron chi connectivity index (χ1n) is 15.3. The van der Waals surface area contributed by atoms with Gasteiger partial charge in [-0.25, -0.2) is 9.80 Å². The minimum Gasteiger partial charge on any atom is -0.491 e. The third-order valence-electron chi connectivity index (χ3n) is 10.2. The first kappa shape index (κ1) is 29.5. The van der Waals surface area contributed by atoms with Crippen LogP contribution in [0, 0.1) is 39.2 Å². The van der Waals surface area contributed by atoms with Gasteiger partial charge in [0.05, 0.1) is 46.1 Å². The number of para-hydroxylation sites is 1. The second-order valence-electron chi connectivity index (χ2n) is 12.4. The summed E-state index contributed by atoms with van der Waals surface area (Å²) in [5, 5.41) is 20.6. The molecule has 2 aliphatic carbocycles.